The molecular formula is C19H12BrCl2NO2. The van der Waals surface area contributed by atoms with Gasteiger partial charge in [-0.05, 0) is 40.2 Å². The van der Waals surface area contributed by atoms with Crippen molar-refractivity contribution in [1.82, 2.24) is 4.98 Å². The number of pyridine rings is 1. The highest BCUT2D eigenvalue weighted by Gasteiger charge is 2.16. The summed E-state index contributed by atoms with van der Waals surface area (Å²) >= 11 is 16.5. The van der Waals surface area contributed by atoms with E-state index < -0.39 is 0 Å². The van der Waals surface area contributed by atoms with E-state index in [-0.39, 0.29) is 0 Å². The van der Waals surface area contributed by atoms with Crippen LogP contribution in [-0.4, -0.2) is 18.4 Å². The van der Waals surface area contributed by atoms with E-state index in [1.807, 2.05) is 24.3 Å². The Morgan fingerprint density at radius 1 is 1.08 bits per heavy atom. The van der Waals surface area contributed by atoms with Crippen LogP contribution >= 0.6 is 39.1 Å². The smallest absolute Gasteiger partial charge is 0.153 e. The van der Waals surface area contributed by atoms with Crippen molar-refractivity contribution in [3.05, 3.63) is 68.7 Å². The van der Waals surface area contributed by atoms with Crippen molar-refractivity contribution in [2.24, 2.45) is 0 Å². The van der Waals surface area contributed by atoms with Crippen LogP contribution < -0.4 is 4.74 Å². The van der Waals surface area contributed by atoms with E-state index in [0.29, 0.717) is 27.1 Å². The molecule has 0 fully saturated rings. The fourth-order valence-corrected chi connectivity index (χ4v) is 3.44. The number of aromatic nitrogens is 1. The zero-order valence-corrected chi connectivity index (χ0v) is 16.2. The third-order valence-electron chi connectivity index (χ3n) is 3.76. The molecule has 1 heterocycles. The van der Waals surface area contributed by atoms with Gasteiger partial charge in [0.2, 0.25) is 0 Å². The number of rotatable bonds is 4. The number of methoxy groups -OCH3 is 1. The number of halogens is 3. The van der Waals surface area contributed by atoms with Gasteiger partial charge < -0.3 is 4.74 Å². The van der Waals surface area contributed by atoms with Crippen molar-refractivity contribution in [1.29, 1.82) is 0 Å². The molecule has 0 bridgehead atoms. The lowest BCUT2D eigenvalue weighted by molar-refractivity contribution is 0.112. The van der Waals surface area contributed by atoms with E-state index in [0.717, 1.165) is 27.4 Å². The molecule has 6 heteroatoms. The first-order valence-corrected chi connectivity index (χ1v) is 8.84. The molecule has 0 unspecified atom stereocenters. The highest BCUT2D eigenvalue weighted by atomic mass is 79.9. The molecular weight excluding hydrogens is 425 g/mol. The number of ether oxygens (including phenoxy) is 1. The van der Waals surface area contributed by atoms with Crippen LogP contribution in [0.4, 0.5) is 0 Å². The summed E-state index contributed by atoms with van der Waals surface area (Å²) in [6.07, 6.45) is 2.42. The molecule has 0 saturated heterocycles. The van der Waals surface area contributed by atoms with Gasteiger partial charge in [0, 0.05) is 27.4 Å². The molecule has 3 rings (SSSR count). The SMILES string of the molecule is COc1cc(-c2nccc(-c3cccc(Br)c3Cl)c2Cl)ccc1C=O. The van der Waals surface area contributed by atoms with E-state index in [1.54, 1.807) is 24.4 Å². The lowest BCUT2D eigenvalue weighted by atomic mass is 10.0. The monoisotopic (exact) mass is 435 g/mol. The minimum Gasteiger partial charge on any atom is -0.496 e. The van der Waals surface area contributed by atoms with Gasteiger partial charge in [0.1, 0.15) is 5.75 Å². The molecule has 0 N–H and O–H groups in total. The van der Waals surface area contributed by atoms with Crippen LogP contribution in [0.3, 0.4) is 0 Å². The Morgan fingerprint density at radius 3 is 2.56 bits per heavy atom. The predicted molar refractivity (Wildman–Crippen MR) is 105 cm³/mol. The molecule has 0 aliphatic heterocycles. The molecule has 25 heavy (non-hydrogen) atoms. The van der Waals surface area contributed by atoms with E-state index in [4.69, 9.17) is 27.9 Å². The molecule has 2 aromatic carbocycles. The van der Waals surface area contributed by atoms with Crippen LogP contribution in [-0.2, 0) is 0 Å². The average Bonchev–Trinajstić information content (AvgIpc) is 2.64. The summed E-state index contributed by atoms with van der Waals surface area (Å²) in [5.74, 6) is 0.469. The second-order valence-electron chi connectivity index (χ2n) is 5.20. The van der Waals surface area contributed by atoms with Crippen LogP contribution in [0.25, 0.3) is 22.4 Å². The number of nitrogens with zero attached hydrogens (tertiary/aromatic N) is 1. The number of hydrogen-bond donors (Lipinski definition) is 0. The van der Waals surface area contributed by atoms with Crippen molar-refractivity contribution >= 4 is 45.4 Å². The van der Waals surface area contributed by atoms with Crippen LogP contribution in [0.15, 0.2) is 53.1 Å². The van der Waals surface area contributed by atoms with Crippen molar-refractivity contribution in [3.63, 3.8) is 0 Å². The van der Waals surface area contributed by atoms with Gasteiger partial charge in [0.05, 0.1) is 28.4 Å². The molecule has 3 aromatic rings. The van der Waals surface area contributed by atoms with E-state index in [9.17, 15) is 4.79 Å². The van der Waals surface area contributed by atoms with Gasteiger partial charge in [-0.15, -0.1) is 0 Å². The maximum absolute atomic E-state index is 11.1. The lowest BCUT2D eigenvalue weighted by Gasteiger charge is -2.12. The minimum absolute atomic E-state index is 0.466. The third kappa shape index (κ3) is 3.43. The van der Waals surface area contributed by atoms with Crippen molar-refractivity contribution in [2.75, 3.05) is 7.11 Å². The van der Waals surface area contributed by atoms with Gasteiger partial charge in [-0.1, -0.05) is 41.4 Å². The standard InChI is InChI=1S/C19H12BrCl2NO2/c1-25-16-9-11(5-6-12(16)10-24)19-18(22)14(7-8-23-19)13-3-2-4-15(20)17(13)21/h2-10H,1H3. The quantitative estimate of drug-likeness (QED) is 0.450. The van der Waals surface area contributed by atoms with Gasteiger partial charge in [-0.3, -0.25) is 9.78 Å². The van der Waals surface area contributed by atoms with Gasteiger partial charge in [0.15, 0.2) is 6.29 Å². The van der Waals surface area contributed by atoms with Crippen LogP contribution in [0, 0.1) is 0 Å². The Balaban J connectivity index is 2.17. The first kappa shape index (κ1) is 17.9. The zero-order chi connectivity index (χ0) is 18.0. The maximum Gasteiger partial charge on any atom is 0.153 e. The van der Waals surface area contributed by atoms with Crippen LogP contribution in [0.1, 0.15) is 10.4 Å². The van der Waals surface area contributed by atoms with Gasteiger partial charge in [-0.25, -0.2) is 0 Å². The van der Waals surface area contributed by atoms with E-state index in [1.165, 1.54) is 7.11 Å². The molecule has 3 nitrogen and oxygen atoms in total. The minimum atomic E-state index is 0.466. The molecule has 0 spiro atoms. The molecule has 0 atom stereocenters. The Bertz CT molecular complexity index is 960. The Labute approximate surface area is 163 Å². The van der Waals surface area contributed by atoms with Crippen molar-refractivity contribution in [2.45, 2.75) is 0 Å². The highest BCUT2D eigenvalue weighted by Crippen LogP contribution is 2.40. The maximum atomic E-state index is 11.1. The normalized spacial score (nSPS) is 10.6. The average molecular weight is 437 g/mol. The first-order valence-electron chi connectivity index (χ1n) is 7.29. The fourth-order valence-electron chi connectivity index (χ4n) is 2.52. The first-order chi connectivity index (χ1) is 12.1. The molecule has 0 radical (unpaired) electrons. The summed E-state index contributed by atoms with van der Waals surface area (Å²) in [5.41, 5.74) is 3.39. The summed E-state index contributed by atoms with van der Waals surface area (Å²) in [6, 6.07) is 12.7. The second-order valence-corrected chi connectivity index (χ2v) is 6.81. The summed E-state index contributed by atoms with van der Waals surface area (Å²) < 4.78 is 6.05. The molecule has 0 amide bonds. The Morgan fingerprint density at radius 2 is 1.84 bits per heavy atom. The number of carbonyl (C=O) groups is 1. The van der Waals surface area contributed by atoms with Crippen LogP contribution in [0.2, 0.25) is 10.0 Å². The summed E-state index contributed by atoms with van der Waals surface area (Å²) in [4.78, 5) is 15.5. The van der Waals surface area contributed by atoms with E-state index >= 15 is 0 Å². The Kier molecular flexibility index (Phi) is 5.42. The lowest BCUT2D eigenvalue weighted by Crippen LogP contribution is -1.93. The van der Waals surface area contributed by atoms with Gasteiger partial charge >= 0.3 is 0 Å². The van der Waals surface area contributed by atoms with Gasteiger partial charge in [0.25, 0.3) is 0 Å². The van der Waals surface area contributed by atoms with E-state index in [2.05, 4.69) is 20.9 Å². The molecule has 0 aliphatic rings. The fraction of sp³-hybridized carbons (Fsp3) is 0.0526. The second kappa shape index (κ2) is 7.56. The Hall–Kier alpha value is -1.88. The van der Waals surface area contributed by atoms with Crippen molar-refractivity contribution < 1.29 is 9.53 Å². The molecule has 0 aliphatic carbocycles. The number of hydrogen-bond acceptors (Lipinski definition) is 3. The number of carbonyl (C=O) groups excluding carboxylic acids is 1. The summed E-state index contributed by atoms with van der Waals surface area (Å²) in [7, 11) is 1.51. The van der Waals surface area contributed by atoms with Gasteiger partial charge in [-0.2, -0.15) is 0 Å². The molecule has 1 aromatic heterocycles. The summed E-state index contributed by atoms with van der Waals surface area (Å²) in [5, 5.41) is 1.05. The van der Waals surface area contributed by atoms with Crippen LogP contribution in [0.5, 0.6) is 5.75 Å². The highest BCUT2D eigenvalue weighted by molar-refractivity contribution is 9.10. The topological polar surface area (TPSA) is 39.2 Å². The molecule has 0 saturated carbocycles. The number of benzene rings is 2. The zero-order valence-electron chi connectivity index (χ0n) is 13.1. The predicted octanol–water partition coefficient (Wildman–Crippen LogP) is 6.31. The third-order valence-corrected chi connectivity index (χ3v) is 5.44. The summed E-state index contributed by atoms with van der Waals surface area (Å²) in [6.45, 7) is 0. The largest absolute Gasteiger partial charge is 0.496 e. The molecule has 126 valence electrons. The number of aldehydes is 1. The van der Waals surface area contributed by atoms with Crippen molar-refractivity contribution in [3.8, 4) is 28.1 Å².